The number of aryl methyl sites for hydroxylation is 1. The molecule has 0 radical (unpaired) electrons. The molecule has 1 N–H and O–H groups in total. The van der Waals surface area contributed by atoms with Crippen LogP contribution in [0.4, 0.5) is 5.69 Å². The van der Waals surface area contributed by atoms with Gasteiger partial charge in [0.25, 0.3) is 0 Å². The van der Waals surface area contributed by atoms with Crippen molar-refractivity contribution in [1.82, 2.24) is 14.8 Å². The van der Waals surface area contributed by atoms with Crippen LogP contribution in [0.2, 0.25) is 0 Å². The van der Waals surface area contributed by atoms with Crippen LogP contribution in [0.5, 0.6) is 0 Å². The van der Waals surface area contributed by atoms with Crippen molar-refractivity contribution >= 4 is 22.9 Å². The molecule has 1 saturated heterocycles. The summed E-state index contributed by atoms with van der Waals surface area (Å²) in [4.78, 5) is 21.8. The van der Waals surface area contributed by atoms with Crippen LogP contribution in [-0.4, -0.2) is 53.4 Å². The number of carbonyl (C=O) groups excluding carboxylic acids is 1. The normalized spacial score (nSPS) is 16.1. The highest BCUT2D eigenvalue weighted by molar-refractivity contribution is 7.09. The second-order valence-corrected chi connectivity index (χ2v) is 7.43. The number of hydrogen-bond donors (Lipinski definition) is 1. The predicted octanol–water partition coefficient (Wildman–Crippen LogP) is 2.77. The van der Waals surface area contributed by atoms with Gasteiger partial charge in [-0.05, 0) is 25.1 Å². The molecule has 0 atom stereocenters. The van der Waals surface area contributed by atoms with Gasteiger partial charge in [0.2, 0.25) is 5.91 Å². The molecule has 0 bridgehead atoms. The first kappa shape index (κ1) is 18.0. The first-order valence-electron chi connectivity index (χ1n) is 8.87. The summed E-state index contributed by atoms with van der Waals surface area (Å²) in [5.41, 5.74) is 3.02. The Kier molecular flexibility index (Phi) is 6.18. The molecule has 0 saturated carbocycles. The Hall–Kier alpha value is -1.76. The van der Waals surface area contributed by atoms with Gasteiger partial charge in [0.1, 0.15) is 5.01 Å². The Morgan fingerprint density at radius 1 is 1.20 bits per heavy atom. The lowest BCUT2D eigenvalue weighted by Gasteiger charge is -2.33. The third kappa shape index (κ3) is 5.11. The van der Waals surface area contributed by atoms with Crippen molar-refractivity contribution < 1.29 is 4.79 Å². The summed E-state index contributed by atoms with van der Waals surface area (Å²) in [6, 6.07) is 7.83. The molecule has 2 aromatic rings. The average Bonchev–Trinajstić information content (AvgIpc) is 3.04. The summed E-state index contributed by atoms with van der Waals surface area (Å²) < 4.78 is 0. The molecule has 1 amide bonds. The van der Waals surface area contributed by atoms with Crippen molar-refractivity contribution in [3.8, 4) is 0 Å². The molecule has 25 heavy (non-hydrogen) atoms. The van der Waals surface area contributed by atoms with Crippen LogP contribution in [0.3, 0.4) is 0 Å². The smallest absolute Gasteiger partial charge is 0.231 e. The number of piperazine rings is 1. The molecule has 1 aromatic carbocycles. The fourth-order valence-corrected chi connectivity index (χ4v) is 3.82. The van der Waals surface area contributed by atoms with Gasteiger partial charge in [-0.3, -0.25) is 9.69 Å². The van der Waals surface area contributed by atoms with E-state index in [0.29, 0.717) is 6.42 Å². The van der Waals surface area contributed by atoms with Gasteiger partial charge in [-0.2, -0.15) is 0 Å². The maximum atomic E-state index is 12.2. The second kappa shape index (κ2) is 8.56. The summed E-state index contributed by atoms with van der Waals surface area (Å²) in [6.45, 7) is 10.7. The van der Waals surface area contributed by atoms with E-state index in [9.17, 15) is 4.79 Å². The van der Waals surface area contributed by atoms with Crippen LogP contribution in [0.1, 0.15) is 23.2 Å². The van der Waals surface area contributed by atoms with Gasteiger partial charge in [-0.25, -0.2) is 4.98 Å². The van der Waals surface area contributed by atoms with E-state index in [-0.39, 0.29) is 5.91 Å². The van der Waals surface area contributed by atoms with Crippen molar-refractivity contribution in [3.63, 3.8) is 0 Å². The van der Waals surface area contributed by atoms with Crippen LogP contribution >= 0.6 is 11.3 Å². The van der Waals surface area contributed by atoms with Crippen LogP contribution in [0.25, 0.3) is 0 Å². The minimum Gasteiger partial charge on any atom is -0.325 e. The number of carbonyl (C=O) groups is 1. The number of rotatable bonds is 6. The number of anilines is 1. The quantitative estimate of drug-likeness (QED) is 0.863. The van der Waals surface area contributed by atoms with E-state index in [2.05, 4.69) is 32.4 Å². The molecule has 1 aromatic heterocycles. The summed E-state index contributed by atoms with van der Waals surface area (Å²) in [5.74, 6) is -0.00763. The number of hydrogen-bond acceptors (Lipinski definition) is 5. The van der Waals surface area contributed by atoms with Crippen LogP contribution in [0, 0.1) is 6.92 Å². The summed E-state index contributed by atoms with van der Waals surface area (Å²) in [7, 11) is 0. The highest BCUT2D eigenvalue weighted by Gasteiger charge is 2.17. The Morgan fingerprint density at radius 2 is 1.92 bits per heavy atom. The second-order valence-electron chi connectivity index (χ2n) is 6.48. The highest BCUT2D eigenvalue weighted by Crippen LogP contribution is 2.16. The van der Waals surface area contributed by atoms with Crippen LogP contribution < -0.4 is 5.32 Å². The standard InChI is InChI=1S/C19H26N4OS/c1-3-22-8-10-23(11-9-22)13-16-14-25-19(20-16)12-18(24)21-17-7-5-4-6-15(17)2/h4-7,14H,3,8-13H2,1-2H3,(H,21,24). The van der Waals surface area contributed by atoms with E-state index in [4.69, 9.17) is 0 Å². The summed E-state index contributed by atoms with van der Waals surface area (Å²) in [5, 5.41) is 5.94. The molecule has 5 nitrogen and oxygen atoms in total. The third-order valence-electron chi connectivity index (χ3n) is 4.63. The monoisotopic (exact) mass is 358 g/mol. The number of amides is 1. The topological polar surface area (TPSA) is 48.5 Å². The molecule has 0 spiro atoms. The fraction of sp³-hybridized carbons (Fsp3) is 0.474. The first-order chi connectivity index (χ1) is 12.1. The molecule has 1 fully saturated rings. The zero-order chi connectivity index (χ0) is 17.6. The maximum Gasteiger partial charge on any atom is 0.231 e. The van der Waals surface area contributed by atoms with Crippen molar-refractivity contribution in [2.24, 2.45) is 0 Å². The molecule has 1 aliphatic rings. The van der Waals surface area contributed by atoms with Crippen molar-refractivity contribution in [2.45, 2.75) is 26.8 Å². The number of aromatic nitrogens is 1. The predicted molar refractivity (Wildman–Crippen MR) is 103 cm³/mol. The Bertz CT molecular complexity index is 707. The zero-order valence-electron chi connectivity index (χ0n) is 15.0. The lowest BCUT2D eigenvalue weighted by atomic mass is 10.2. The molecule has 3 rings (SSSR count). The fourth-order valence-electron chi connectivity index (χ4n) is 3.04. The molecule has 6 heteroatoms. The largest absolute Gasteiger partial charge is 0.325 e. The van der Waals surface area contributed by atoms with E-state index in [0.717, 1.165) is 61.2 Å². The van der Waals surface area contributed by atoms with Crippen molar-refractivity contribution in [3.05, 3.63) is 45.9 Å². The van der Waals surface area contributed by atoms with Crippen molar-refractivity contribution in [1.29, 1.82) is 0 Å². The molecule has 0 aliphatic carbocycles. The molecule has 2 heterocycles. The number of para-hydroxylation sites is 1. The minimum atomic E-state index is -0.00763. The van der Waals surface area contributed by atoms with Gasteiger partial charge in [0.05, 0.1) is 12.1 Å². The number of benzene rings is 1. The van der Waals surface area contributed by atoms with Gasteiger partial charge in [0.15, 0.2) is 0 Å². The lowest BCUT2D eigenvalue weighted by molar-refractivity contribution is -0.115. The SMILES string of the molecule is CCN1CCN(Cc2csc(CC(=O)Nc3ccccc3C)n2)CC1. The van der Waals surface area contributed by atoms with E-state index in [1.165, 1.54) is 0 Å². The van der Waals surface area contributed by atoms with Gasteiger partial charge in [0, 0.05) is 43.8 Å². The lowest BCUT2D eigenvalue weighted by Crippen LogP contribution is -2.45. The number of nitrogens with one attached hydrogen (secondary N) is 1. The Labute approximate surface area is 153 Å². The minimum absolute atomic E-state index is 0.00763. The summed E-state index contributed by atoms with van der Waals surface area (Å²) in [6.07, 6.45) is 0.336. The van der Waals surface area contributed by atoms with E-state index in [1.807, 2.05) is 31.2 Å². The van der Waals surface area contributed by atoms with Crippen LogP contribution in [0.15, 0.2) is 29.6 Å². The molecule has 0 unspecified atom stereocenters. The van der Waals surface area contributed by atoms with Gasteiger partial charge >= 0.3 is 0 Å². The number of likely N-dealkylation sites (N-methyl/N-ethyl adjacent to an activating group) is 1. The average molecular weight is 359 g/mol. The Morgan fingerprint density at radius 3 is 2.64 bits per heavy atom. The number of nitrogens with zero attached hydrogens (tertiary/aromatic N) is 3. The number of thiazole rings is 1. The molecule has 134 valence electrons. The van der Waals surface area contributed by atoms with E-state index < -0.39 is 0 Å². The van der Waals surface area contributed by atoms with Crippen molar-refractivity contribution in [2.75, 3.05) is 38.0 Å². The zero-order valence-corrected chi connectivity index (χ0v) is 15.8. The third-order valence-corrected chi connectivity index (χ3v) is 5.53. The Balaban J connectivity index is 1.50. The van der Waals surface area contributed by atoms with E-state index in [1.54, 1.807) is 11.3 Å². The summed E-state index contributed by atoms with van der Waals surface area (Å²) >= 11 is 1.58. The first-order valence-corrected chi connectivity index (χ1v) is 9.75. The molecular weight excluding hydrogens is 332 g/mol. The van der Waals surface area contributed by atoms with Gasteiger partial charge < -0.3 is 10.2 Å². The van der Waals surface area contributed by atoms with E-state index >= 15 is 0 Å². The van der Waals surface area contributed by atoms with Crippen LogP contribution in [-0.2, 0) is 17.8 Å². The highest BCUT2D eigenvalue weighted by atomic mass is 32.1. The molecular formula is C19H26N4OS. The molecule has 1 aliphatic heterocycles. The van der Waals surface area contributed by atoms with Gasteiger partial charge in [-0.1, -0.05) is 25.1 Å². The van der Waals surface area contributed by atoms with Gasteiger partial charge in [-0.15, -0.1) is 11.3 Å². The maximum absolute atomic E-state index is 12.2.